The van der Waals surface area contributed by atoms with Crippen LogP contribution in [0.5, 0.6) is 0 Å². The molecule has 0 bridgehead atoms. The number of hydrogen-bond donors (Lipinski definition) is 2. The first-order chi connectivity index (χ1) is 11.4. The van der Waals surface area contributed by atoms with Crippen LogP contribution in [-0.2, 0) is 4.79 Å². The third kappa shape index (κ3) is 3.49. The molecule has 1 aliphatic carbocycles. The average Bonchev–Trinajstić information content (AvgIpc) is 2.94. The van der Waals surface area contributed by atoms with Gasteiger partial charge >= 0.3 is 0 Å². The third-order valence-electron chi connectivity index (χ3n) is 4.84. The van der Waals surface area contributed by atoms with E-state index in [4.69, 9.17) is 5.73 Å². The van der Waals surface area contributed by atoms with Crippen molar-refractivity contribution in [2.45, 2.75) is 52.0 Å². The number of benzene rings is 1. The first-order valence-corrected chi connectivity index (χ1v) is 9.19. The molecule has 0 spiro atoms. The maximum atomic E-state index is 12.6. The Morgan fingerprint density at radius 1 is 1.33 bits per heavy atom. The third-order valence-corrected chi connectivity index (χ3v) is 5.71. The lowest BCUT2D eigenvalue weighted by Gasteiger charge is -2.36. The van der Waals surface area contributed by atoms with Gasteiger partial charge in [0.2, 0.25) is 11.0 Å². The molecule has 2 unspecified atom stereocenters. The van der Waals surface area contributed by atoms with Gasteiger partial charge in [-0.2, -0.15) is 0 Å². The molecule has 1 amide bonds. The van der Waals surface area contributed by atoms with Crippen LogP contribution >= 0.6 is 11.3 Å². The summed E-state index contributed by atoms with van der Waals surface area (Å²) in [5, 5.41) is 12.6. The van der Waals surface area contributed by atoms with E-state index in [0.29, 0.717) is 5.13 Å². The van der Waals surface area contributed by atoms with Gasteiger partial charge in [0, 0.05) is 11.1 Å². The molecule has 24 heavy (non-hydrogen) atoms. The molecule has 1 aromatic heterocycles. The number of aryl methyl sites for hydroxylation is 2. The zero-order chi connectivity index (χ0) is 17.3. The normalized spacial score (nSPS) is 23.9. The van der Waals surface area contributed by atoms with Gasteiger partial charge in [-0.25, -0.2) is 0 Å². The quantitative estimate of drug-likeness (QED) is 0.890. The molecular weight excluding hydrogens is 320 g/mol. The Labute approximate surface area is 146 Å². The minimum Gasteiger partial charge on any atom is -0.325 e. The Bertz CT molecular complexity index is 753. The smallest absolute Gasteiger partial charge is 0.231 e. The van der Waals surface area contributed by atoms with Crippen LogP contribution in [0.2, 0.25) is 0 Å². The number of amides is 1. The van der Waals surface area contributed by atoms with Crippen LogP contribution in [-0.4, -0.2) is 21.6 Å². The molecule has 3 N–H and O–H groups in total. The number of rotatable bonds is 3. The van der Waals surface area contributed by atoms with E-state index < -0.39 is 5.54 Å². The Morgan fingerprint density at radius 2 is 2.12 bits per heavy atom. The fraction of sp³-hybridized carbons (Fsp3) is 0.500. The number of nitrogens with zero attached hydrogens (tertiary/aromatic N) is 2. The number of aromatic nitrogens is 2. The summed E-state index contributed by atoms with van der Waals surface area (Å²) in [7, 11) is 0. The summed E-state index contributed by atoms with van der Waals surface area (Å²) in [6, 6.07) is 6.23. The highest BCUT2D eigenvalue weighted by Gasteiger charge is 2.38. The number of hydrogen-bond acceptors (Lipinski definition) is 5. The molecule has 1 aliphatic rings. The molecule has 0 aliphatic heterocycles. The van der Waals surface area contributed by atoms with Crippen molar-refractivity contribution < 1.29 is 4.79 Å². The van der Waals surface area contributed by atoms with Gasteiger partial charge < -0.3 is 11.1 Å². The van der Waals surface area contributed by atoms with E-state index in [1.54, 1.807) is 0 Å². The number of nitrogens with two attached hydrogens (primary N) is 1. The molecule has 0 saturated heterocycles. The van der Waals surface area contributed by atoms with Crippen LogP contribution in [0.4, 0.5) is 5.13 Å². The summed E-state index contributed by atoms with van der Waals surface area (Å²) in [6.45, 7) is 6.10. The van der Waals surface area contributed by atoms with Crippen molar-refractivity contribution in [1.82, 2.24) is 10.2 Å². The molecule has 1 aromatic carbocycles. The van der Waals surface area contributed by atoms with E-state index in [-0.39, 0.29) is 11.8 Å². The lowest BCUT2D eigenvalue weighted by atomic mass is 9.74. The first kappa shape index (κ1) is 17.0. The average molecular weight is 344 g/mol. The first-order valence-electron chi connectivity index (χ1n) is 8.38. The number of carbonyl (C=O) groups is 1. The van der Waals surface area contributed by atoms with Gasteiger partial charge in [-0.1, -0.05) is 47.9 Å². The molecule has 2 atom stereocenters. The number of anilines is 1. The Balaban J connectivity index is 1.75. The highest BCUT2D eigenvalue weighted by molar-refractivity contribution is 7.18. The topological polar surface area (TPSA) is 80.9 Å². The summed E-state index contributed by atoms with van der Waals surface area (Å²) in [5.41, 5.74) is 9.30. The molecule has 6 heteroatoms. The Morgan fingerprint density at radius 3 is 2.83 bits per heavy atom. The van der Waals surface area contributed by atoms with Crippen molar-refractivity contribution in [1.29, 1.82) is 0 Å². The maximum absolute atomic E-state index is 12.6. The van der Waals surface area contributed by atoms with Crippen molar-refractivity contribution >= 4 is 22.4 Å². The van der Waals surface area contributed by atoms with Crippen molar-refractivity contribution in [3.63, 3.8) is 0 Å². The van der Waals surface area contributed by atoms with E-state index in [0.717, 1.165) is 41.8 Å². The molecule has 3 rings (SSSR count). The van der Waals surface area contributed by atoms with Crippen LogP contribution in [0.15, 0.2) is 18.2 Å². The van der Waals surface area contributed by atoms with E-state index in [2.05, 4.69) is 47.6 Å². The summed E-state index contributed by atoms with van der Waals surface area (Å²) < 4.78 is 0. The maximum Gasteiger partial charge on any atom is 0.231 e. The lowest BCUT2D eigenvalue weighted by Crippen LogP contribution is -2.51. The van der Waals surface area contributed by atoms with Crippen molar-refractivity contribution in [3.05, 3.63) is 29.3 Å². The fourth-order valence-corrected chi connectivity index (χ4v) is 4.25. The molecule has 1 heterocycles. The summed E-state index contributed by atoms with van der Waals surface area (Å²) in [4.78, 5) is 12.6. The van der Waals surface area contributed by atoms with Gasteiger partial charge in [0.1, 0.15) is 5.01 Å². The largest absolute Gasteiger partial charge is 0.325 e. The van der Waals surface area contributed by atoms with Gasteiger partial charge in [0.15, 0.2) is 0 Å². The monoisotopic (exact) mass is 344 g/mol. The van der Waals surface area contributed by atoms with E-state index in [1.807, 2.05) is 6.92 Å². The highest BCUT2D eigenvalue weighted by Crippen LogP contribution is 2.34. The minimum absolute atomic E-state index is 0.0389. The molecule has 1 fully saturated rings. The van der Waals surface area contributed by atoms with Crippen LogP contribution in [0.25, 0.3) is 10.6 Å². The Kier molecular flexibility index (Phi) is 4.69. The van der Waals surface area contributed by atoms with Crippen LogP contribution in [0.3, 0.4) is 0 Å². The second-order valence-electron chi connectivity index (χ2n) is 7.02. The van der Waals surface area contributed by atoms with Gasteiger partial charge in [-0.05, 0) is 39.2 Å². The summed E-state index contributed by atoms with van der Waals surface area (Å²) >= 11 is 1.40. The van der Waals surface area contributed by atoms with Gasteiger partial charge in [-0.15, -0.1) is 10.2 Å². The van der Waals surface area contributed by atoms with E-state index in [9.17, 15) is 4.79 Å². The van der Waals surface area contributed by atoms with Crippen LogP contribution in [0, 0.1) is 19.8 Å². The fourth-order valence-electron chi connectivity index (χ4n) is 3.42. The summed E-state index contributed by atoms with van der Waals surface area (Å²) in [6.07, 6.45) is 3.86. The summed E-state index contributed by atoms with van der Waals surface area (Å²) in [5.74, 6) is -0.206. The molecule has 128 valence electrons. The molecule has 1 saturated carbocycles. The molecule has 0 radical (unpaired) electrons. The van der Waals surface area contributed by atoms with Gasteiger partial charge in [0.05, 0.1) is 5.92 Å². The molecule has 2 aromatic rings. The predicted octanol–water partition coefficient (Wildman–Crippen LogP) is 3.67. The van der Waals surface area contributed by atoms with E-state index >= 15 is 0 Å². The Hall–Kier alpha value is -1.79. The minimum atomic E-state index is -0.441. The van der Waals surface area contributed by atoms with Crippen molar-refractivity contribution in [2.75, 3.05) is 5.32 Å². The molecular formula is C18H24N4OS. The second-order valence-corrected chi connectivity index (χ2v) is 8.00. The van der Waals surface area contributed by atoms with E-state index in [1.165, 1.54) is 16.9 Å². The van der Waals surface area contributed by atoms with Crippen molar-refractivity contribution in [2.24, 2.45) is 11.7 Å². The van der Waals surface area contributed by atoms with Crippen LogP contribution in [0.1, 0.15) is 43.7 Å². The lowest BCUT2D eigenvalue weighted by molar-refractivity contribution is -0.122. The highest BCUT2D eigenvalue weighted by atomic mass is 32.1. The van der Waals surface area contributed by atoms with Crippen LogP contribution < -0.4 is 11.1 Å². The van der Waals surface area contributed by atoms with Gasteiger partial charge in [0.25, 0.3) is 0 Å². The standard InChI is InChI=1S/C18H24N4OS/c1-11-7-8-13(12(2)10-11)16-21-22-17(24-16)20-15(23)14-6-4-5-9-18(14,3)19/h7-8,10,14H,4-6,9,19H2,1-3H3,(H,20,22,23). The number of nitrogens with one attached hydrogen (secondary N) is 1. The van der Waals surface area contributed by atoms with Crippen molar-refractivity contribution in [3.8, 4) is 10.6 Å². The molecule has 5 nitrogen and oxygen atoms in total. The SMILES string of the molecule is Cc1ccc(-c2nnc(NC(=O)C3CCCCC3(C)N)s2)c(C)c1. The zero-order valence-corrected chi connectivity index (χ0v) is 15.2. The zero-order valence-electron chi connectivity index (χ0n) is 14.4. The predicted molar refractivity (Wildman–Crippen MR) is 98.0 cm³/mol. The second kappa shape index (κ2) is 6.61. The number of carbonyl (C=O) groups excluding carboxylic acids is 1. The van der Waals surface area contributed by atoms with Gasteiger partial charge in [-0.3, -0.25) is 4.79 Å².